The average Bonchev–Trinajstić information content (AvgIpc) is 2.26. The minimum absolute atomic E-state index is 0.124. The Morgan fingerprint density at radius 1 is 1.07 bits per heavy atom. The van der Waals surface area contributed by atoms with E-state index in [2.05, 4.69) is 0 Å². The lowest BCUT2D eigenvalue weighted by atomic mass is 9.88. The lowest BCUT2D eigenvalue weighted by molar-refractivity contribution is 0.0982. The molecule has 74 valence electrons. The molecule has 1 nitrogen and oxygen atoms in total. The van der Waals surface area contributed by atoms with Crippen LogP contribution in [0.25, 0.3) is 10.8 Å². The van der Waals surface area contributed by atoms with Crippen molar-refractivity contribution in [1.82, 2.24) is 0 Å². The van der Waals surface area contributed by atoms with Gasteiger partial charge in [0, 0.05) is 17.4 Å². The average molecular weight is 200 g/mol. The third-order valence-corrected chi connectivity index (χ3v) is 3.00. The molecule has 0 N–H and O–H groups in total. The normalized spacial score (nSPS) is 14.6. The van der Waals surface area contributed by atoms with Gasteiger partial charge in [0.25, 0.3) is 0 Å². The van der Waals surface area contributed by atoms with Gasteiger partial charge in [-0.2, -0.15) is 0 Å². The zero-order valence-corrected chi connectivity index (χ0v) is 8.09. The van der Waals surface area contributed by atoms with Gasteiger partial charge < -0.3 is 0 Å². The van der Waals surface area contributed by atoms with E-state index in [0.29, 0.717) is 17.4 Å². The summed E-state index contributed by atoms with van der Waals surface area (Å²) in [5.74, 6) is -0.121. The molecule has 0 spiro atoms. The largest absolute Gasteiger partial charge is 0.294 e. The Hall–Kier alpha value is -1.70. The second kappa shape index (κ2) is 2.89. The zero-order chi connectivity index (χ0) is 10.4. The van der Waals surface area contributed by atoms with E-state index in [1.807, 2.05) is 12.1 Å². The molecule has 2 heteroatoms. The van der Waals surface area contributed by atoms with Crippen LogP contribution >= 0.6 is 0 Å². The molecule has 1 aliphatic rings. The van der Waals surface area contributed by atoms with Crippen molar-refractivity contribution in [3.05, 3.63) is 47.3 Å². The molecule has 0 amide bonds. The fraction of sp³-hybridized carbons (Fsp3) is 0.154. The summed E-state index contributed by atoms with van der Waals surface area (Å²) >= 11 is 0. The number of halogens is 1. The summed E-state index contributed by atoms with van der Waals surface area (Å²) in [5.41, 5.74) is 1.76. The molecule has 2 aromatic rings. The Morgan fingerprint density at radius 3 is 2.80 bits per heavy atom. The maximum atomic E-state index is 13.5. The van der Waals surface area contributed by atoms with Crippen LogP contribution in [0.15, 0.2) is 30.3 Å². The quantitative estimate of drug-likeness (QED) is 0.638. The number of benzene rings is 2. The molecule has 2 aromatic carbocycles. The minimum Gasteiger partial charge on any atom is -0.294 e. The molecule has 0 bridgehead atoms. The molecule has 15 heavy (non-hydrogen) atoms. The number of ketones is 1. The zero-order valence-electron chi connectivity index (χ0n) is 8.09. The highest BCUT2D eigenvalue weighted by Gasteiger charge is 2.19. The van der Waals surface area contributed by atoms with Crippen LogP contribution in [0.2, 0.25) is 0 Å². The van der Waals surface area contributed by atoms with E-state index in [0.717, 1.165) is 17.4 Å². The van der Waals surface area contributed by atoms with E-state index in [1.54, 1.807) is 12.1 Å². The van der Waals surface area contributed by atoms with E-state index >= 15 is 0 Å². The standard InChI is InChI=1S/C13H9FO/c14-11-6-5-10-12(15)7-4-8-2-1-3-9(11)13(8)10/h1-3,5-6H,4,7H2. The molecule has 0 aromatic heterocycles. The van der Waals surface area contributed by atoms with Gasteiger partial charge in [-0.15, -0.1) is 0 Å². The van der Waals surface area contributed by atoms with Crippen LogP contribution in [0.5, 0.6) is 0 Å². The molecule has 0 saturated heterocycles. The Labute approximate surface area is 86.5 Å². The third-order valence-electron chi connectivity index (χ3n) is 3.00. The van der Waals surface area contributed by atoms with E-state index in [4.69, 9.17) is 0 Å². The highest BCUT2D eigenvalue weighted by molar-refractivity contribution is 6.11. The predicted octanol–water partition coefficient (Wildman–Crippen LogP) is 3.11. The van der Waals surface area contributed by atoms with Gasteiger partial charge in [-0.05, 0) is 29.5 Å². The van der Waals surface area contributed by atoms with Crippen LogP contribution in [-0.4, -0.2) is 5.78 Å². The van der Waals surface area contributed by atoms with Gasteiger partial charge in [-0.1, -0.05) is 18.2 Å². The summed E-state index contributed by atoms with van der Waals surface area (Å²) in [6, 6.07) is 8.53. The fourth-order valence-electron chi connectivity index (χ4n) is 2.27. The number of Topliss-reactive ketones (excluding diaryl/α,β-unsaturated/α-hetero) is 1. The van der Waals surface area contributed by atoms with Gasteiger partial charge in [0.05, 0.1) is 0 Å². The van der Waals surface area contributed by atoms with Crippen LogP contribution < -0.4 is 0 Å². The molecule has 0 heterocycles. The smallest absolute Gasteiger partial charge is 0.163 e. The number of aryl methyl sites for hydroxylation is 1. The van der Waals surface area contributed by atoms with Gasteiger partial charge >= 0.3 is 0 Å². The SMILES string of the molecule is O=C1CCc2cccc3c(F)ccc1c23. The summed E-state index contributed by atoms with van der Waals surface area (Å²) in [4.78, 5) is 11.7. The van der Waals surface area contributed by atoms with Crippen molar-refractivity contribution in [1.29, 1.82) is 0 Å². The Kier molecular flexibility index (Phi) is 1.66. The summed E-state index contributed by atoms with van der Waals surface area (Å²) in [6.45, 7) is 0. The van der Waals surface area contributed by atoms with Gasteiger partial charge in [-0.3, -0.25) is 4.79 Å². The van der Waals surface area contributed by atoms with Crippen molar-refractivity contribution in [2.24, 2.45) is 0 Å². The number of rotatable bonds is 0. The van der Waals surface area contributed by atoms with Crippen LogP contribution in [0, 0.1) is 5.82 Å². The highest BCUT2D eigenvalue weighted by atomic mass is 19.1. The lowest BCUT2D eigenvalue weighted by Gasteiger charge is -2.16. The summed E-state index contributed by atoms with van der Waals surface area (Å²) in [5, 5.41) is 1.38. The lowest BCUT2D eigenvalue weighted by Crippen LogP contribution is -2.09. The highest BCUT2D eigenvalue weighted by Crippen LogP contribution is 2.30. The van der Waals surface area contributed by atoms with Gasteiger partial charge in [0.1, 0.15) is 5.82 Å². The summed E-state index contributed by atoms with van der Waals surface area (Å²) in [7, 11) is 0. The molecule has 0 radical (unpaired) electrons. The van der Waals surface area contributed by atoms with Gasteiger partial charge in [0.15, 0.2) is 5.78 Å². The Balaban J connectivity index is 2.54. The first-order valence-electron chi connectivity index (χ1n) is 5.00. The van der Waals surface area contributed by atoms with Crippen molar-refractivity contribution in [2.75, 3.05) is 0 Å². The molecule has 3 rings (SSSR count). The van der Waals surface area contributed by atoms with Crippen LogP contribution in [0.4, 0.5) is 4.39 Å². The van der Waals surface area contributed by atoms with E-state index in [9.17, 15) is 9.18 Å². The summed E-state index contributed by atoms with van der Waals surface area (Å²) < 4.78 is 13.5. The molecule has 0 unspecified atom stereocenters. The maximum absolute atomic E-state index is 13.5. The topological polar surface area (TPSA) is 17.1 Å². The van der Waals surface area contributed by atoms with E-state index in [-0.39, 0.29) is 11.6 Å². The van der Waals surface area contributed by atoms with Crippen molar-refractivity contribution in [3.8, 4) is 0 Å². The number of hydrogen-bond acceptors (Lipinski definition) is 1. The second-order valence-electron chi connectivity index (χ2n) is 3.86. The fourth-order valence-corrected chi connectivity index (χ4v) is 2.27. The van der Waals surface area contributed by atoms with Crippen molar-refractivity contribution in [3.63, 3.8) is 0 Å². The molecule has 0 aliphatic heterocycles. The van der Waals surface area contributed by atoms with Crippen molar-refractivity contribution in [2.45, 2.75) is 12.8 Å². The van der Waals surface area contributed by atoms with E-state index in [1.165, 1.54) is 6.07 Å². The molecule has 0 saturated carbocycles. The molecular weight excluding hydrogens is 191 g/mol. The molecule has 0 atom stereocenters. The monoisotopic (exact) mass is 200 g/mol. The summed E-state index contributed by atoms with van der Waals surface area (Å²) in [6.07, 6.45) is 1.27. The molecular formula is C13H9FO. The molecule has 0 fully saturated rings. The van der Waals surface area contributed by atoms with Crippen molar-refractivity contribution >= 4 is 16.6 Å². The van der Waals surface area contributed by atoms with Gasteiger partial charge in [0.2, 0.25) is 0 Å². The van der Waals surface area contributed by atoms with Crippen LogP contribution in [-0.2, 0) is 6.42 Å². The first-order chi connectivity index (χ1) is 7.27. The van der Waals surface area contributed by atoms with E-state index < -0.39 is 0 Å². The van der Waals surface area contributed by atoms with Crippen LogP contribution in [0.1, 0.15) is 22.3 Å². The van der Waals surface area contributed by atoms with Gasteiger partial charge in [-0.25, -0.2) is 4.39 Å². The number of carbonyl (C=O) groups is 1. The van der Waals surface area contributed by atoms with Crippen molar-refractivity contribution < 1.29 is 9.18 Å². The minimum atomic E-state index is -0.245. The molecule has 1 aliphatic carbocycles. The number of carbonyl (C=O) groups excluding carboxylic acids is 1. The third kappa shape index (κ3) is 1.11. The number of hydrogen-bond donors (Lipinski definition) is 0. The first-order valence-corrected chi connectivity index (χ1v) is 5.00. The first kappa shape index (κ1) is 8.60. The Morgan fingerprint density at radius 2 is 1.93 bits per heavy atom. The second-order valence-corrected chi connectivity index (χ2v) is 3.86. The predicted molar refractivity (Wildman–Crippen MR) is 56.6 cm³/mol. The van der Waals surface area contributed by atoms with Crippen LogP contribution in [0.3, 0.4) is 0 Å². The Bertz CT molecular complexity index is 572. The maximum Gasteiger partial charge on any atom is 0.163 e.